The van der Waals surface area contributed by atoms with E-state index in [2.05, 4.69) is 24.9 Å². The van der Waals surface area contributed by atoms with Crippen LogP contribution in [0.15, 0.2) is 12.4 Å². The summed E-state index contributed by atoms with van der Waals surface area (Å²) in [4.78, 5) is 9.72. The Bertz CT molecular complexity index is 520. The molecule has 1 aliphatic rings. The van der Waals surface area contributed by atoms with Crippen LogP contribution in [0.1, 0.15) is 23.4 Å². The normalized spacial score (nSPS) is 15.1. The van der Waals surface area contributed by atoms with Gasteiger partial charge in [0.25, 0.3) is 0 Å². The van der Waals surface area contributed by atoms with Gasteiger partial charge in [-0.2, -0.15) is 0 Å². The van der Waals surface area contributed by atoms with Crippen molar-refractivity contribution in [1.82, 2.24) is 24.9 Å². The van der Waals surface area contributed by atoms with E-state index in [1.165, 1.54) is 24.4 Å². The topological polar surface area (TPSA) is 63.6 Å². The minimum Gasteiger partial charge on any atom is -0.309 e. The van der Waals surface area contributed by atoms with Gasteiger partial charge in [0.2, 0.25) is 0 Å². The molecule has 0 saturated heterocycles. The van der Waals surface area contributed by atoms with Crippen molar-refractivity contribution in [2.75, 3.05) is 0 Å². The quantitative estimate of drug-likeness (QED) is 0.888. The van der Waals surface area contributed by atoms with Crippen molar-refractivity contribution in [2.45, 2.75) is 32.4 Å². The van der Waals surface area contributed by atoms with Crippen LogP contribution in [0.2, 0.25) is 0 Å². The maximum atomic E-state index is 4.34. The van der Waals surface area contributed by atoms with Gasteiger partial charge in [0, 0.05) is 25.0 Å². The third kappa shape index (κ3) is 2.32. The molecule has 0 radical (unpaired) electrons. The van der Waals surface area contributed by atoms with Gasteiger partial charge in [-0.3, -0.25) is 9.97 Å². The Kier molecular flexibility index (Phi) is 2.82. The van der Waals surface area contributed by atoms with Gasteiger partial charge in [0.05, 0.1) is 10.6 Å². The van der Waals surface area contributed by atoms with Crippen LogP contribution >= 0.6 is 11.5 Å². The van der Waals surface area contributed by atoms with Gasteiger partial charge in [-0.1, -0.05) is 4.49 Å². The molecule has 1 fully saturated rings. The molecule has 3 rings (SSSR count). The Morgan fingerprint density at radius 1 is 1.29 bits per heavy atom. The van der Waals surface area contributed by atoms with E-state index in [0.29, 0.717) is 6.04 Å². The highest BCUT2D eigenvalue weighted by Crippen LogP contribution is 2.25. The first kappa shape index (κ1) is 10.7. The predicted molar refractivity (Wildman–Crippen MR) is 65.5 cm³/mol. The molecule has 88 valence electrons. The molecule has 2 aromatic rings. The molecule has 2 heterocycles. The summed E-state index contributed by atoms with van der Waals surface area (Å²) in [6, 6.07) is 0.688. The van der Waals surface area contributed by atoms with Gasteiger partial charge in [0.1, 0.15) is 11.4 Å². The first-order chi connectivity index (χ1) is 8.34. The van der Waals surface area contributed by atoms with Gasteiger partial charge in [-0.15, -0.1) is 5.10 Å². The predicted octanol–water partition coefficient (Wildman–Crippen LogP) is 1.56. The molecule has 1 N–H and O–H groups in total. The number of nitrogens with one attached hydrogen (secondary N) is 1. The van der Waals surface area contributed by atoms with Crippen molar-refractivity contribution in [3.8, 4) is 11.4 Å². The van der Waals surface area contributed by atoms with Crippen molar-refractivity contribution < 1.29 is 0 Å². The Morgan fingerprint density at radius 2 is 2.12 bits per heavy atom. The molecule has 0 aliphatic heterocycles. The molecule has 17 heavy (non-hydrogen) atoms. The van der Waals surface area contributed by atoms with Gasteiger partial charge in [0.15, 0.2) is 0 Å². The maximum Gasteiger partial charge on any atom is 0.130 e. The number of aromatic nitrogens is 4. The third-order valence-corrected chi connectivity index (χ3v) is 3.51. The lowest BCUT2D eigenvalue weighted by Gasteiger charge is -2.03. The molecule has 0 amide bonds. The second-order valence-electron chi connectivity index (χ2n) is 4.19. The molecule has 2 aromatic heterocycles. The Hall–Kier alpha value is -1.40. The fourth-order valence-electron chi connectivity index (χ4n) is 1.67. The number of hydrogen-bond donors (Lipinski definition) is 1. The summed E-state index contributed by atoms with van der Waals surface area (Å²) < 4.78 is 4.02. The minimum atomic E-state index is 0.688. The Balaban J connectivity index is 1.86. The van der Waals surface area contributed by atoms with Crippen LogP contribution in [0.4, 0.5) is 0 Å². The Labute approximate surface area is 103 Å². The lowest BCUT2D eigenvalue weighted by atomic mass is 10.2. The molecule has 6 heteroatoms. The highest BCUT2D eigenvalue weighted by molar-refractivity contribution is 7.05. The van der Waals surface area contributed by atoms with Gasteiger partial charge < -0.3 is 5.32 Å². The molecule has 1 saturated carbocycles. The van der Waals surface area contributed by atoms with Gasteiger partial charge in [-0.05, 0) is 31.3 Å². The van der Waals surface area contributed by atoms with Crippen molar-refractivity contribution in [1.29, 1.82) is 0 Å². The van der Waals surface area contributed by atoms with E-state index in [4.69, 9.17) is 0 Å². The van der Waals surface area contributed by atoms with Crippen LogP contribution in [0.25, 0.3) is 11.4 Å². The van der Waals surface area contributed by atoms with Crippen molar-refractivity contribution in [3.63, 3.8) is 0 Å². The maximum absolute atomic E-state index is 4.34. The molecule has 0 spiro atoms. The van der Waals surface area contributed by atoms with Crippen LogP contribution in [-0.2, 0) is 6.54 Å². The second kappa shape index (κ2) is 4.46. The first-order valence-corrected chi connectivity index (χ1v) is 6.44. The molecular formula is C11H13N5S. The zero-order valence-corrected chi connectivity index (χ0v) is 10.4. The fraction of sp³-hybridized carbons (Fsp3) is 0.455. The average molecular weight is 247 g/mol. The van der Waals surface area contributed by atoms with Gasteiger partial charge >= 0.3 is 0 Å². The van der Waals surface area contributed by atoms with Crippen molar-refractivity contribution in [3.05, 3.63) is 23.0 Å². The fourth-order valence-corrected chi connectivity index (χ4v) is 2.26. The molecule has 0 aromatic carbocycles. The summed E-state index contributed by atoms with van der Waals surface area (Å²) in [7, 11) is 0. The number of nitrogens with zero attached hydrogens (tertiary/aromatic N) is 4. The summed E-state index contributed by atoms with van der Waals surface area (Å²) in [6.07, 6.45) is 5.96. The average Bonchev–Trinajstić information content (AvgIpc) is 3.06. The van der Waals surface area contributed by atoms with E-state index in [1.807, 2.05) is 6.92 Å². The summed E-state index contributed by atoms with van der Waals surface area (Å²) in [5.74, 6) is 0. The van der Waals surface area contributed by atoms with Crippen LogP contribution in [-0.4, -0.2) is 25.6 Å². The third-order valence-electron chi connectivity index (χ3n) is 2.79. The summed E-state index contributed by atoms with van der Waals surface area (Å²) >= 11 is 1.43. The lowest BCUT2D eigenvalue weighted by Crippen LogP contribution is -2.15. The molecule has 5 nitrogen and oxygen atoms in total. The first-order valence-electron chi connectivity index (χ1n) is 5.67. The second-order valence-corrected chi connectivity index (χ2v) is 5.03. The summed E-state index contributed by atoms with van der Waals surface area (Å²) in [5, 5.41) is 7.64. The zero-order valence-electron chi connectivity index (χ0n) is 9.55. The molecule has 0 bridgehead atoms. The Morgan fingerprint density at radius 3 is 2.88 bits per heavy atom. The van der Waals surface area contributed by atoms with E-state index in [1.54, 1.807) is 12.4 Å². The van der Waals surface area contributed by atoms with E-state index < -0.39 is 0 Å². The largest absolute Gasteiger partial charge is 0.309 e. The number of rotatable bonds is 4. The highest BCUT2D eigenvalue weighted by atomic mass is 32.1. The van der Waals surface area contributed by atoms with E-state index >= 15 is 0 Å². The van der Waals surface area contributed by atoms with Crippen LogP contribution in [0, 0.1) is 6.92 Å². The molecule has 1 aliphatic carbocycles. The minimum absolute atomic E-state index is 0.688. The van der Waals surface area contributed by atoms with Crippen LogP contribution in [0.5, 0.6) is 0 Å². The molecule has 0 unspecified atom stereocenters. The van der Waals surface area contributed by atoms with E-state index in [0.717, 1.165) is 28.5 Å². The smallest absolute Gasteiger partial charge is 0.130 e. The standard InChI is InChI=1S/C11H13N5S/c1-7-10(13-5-4-12-7)11-9(17-16-15-11)6-14-8-2-3-8/h4-5,8,14H,2-3,6H2,1H3. The lowest BCUT2D eigenvalue weighted by molar-refractivity contribution is 0.695. The van der Waals surface area contributed by atoms with E-state index in [-0.39, 0.29) is 0 Å². The molecule has 0 atom stereocenters. The number of hydrogen-bond acceptors (Lipinski definition) is 6. The SMILES string of the molecule is Cc1nccnc1-c1nnsc1CNC1CC1. The highest BCUT2D eigenvalue weighted by Gasteiger charge is 2.22. The van der Waals surface area contributed by atoms with Crippen LogP contribution < -0.4 is 5.32 Å². The summed E-state index contributed by atoms with van der Waals surface area (Å²) in [6.45, 7) is 2.77. The van der Waals surface area contributed by atoms with E-state index in [9.17, 15) is 0 Å². The van der Waals surface area contributed by atoms with Crippen molar-refractivity contribution in [2.24, 2.45) is 0 Å². The number of aryl methyl sites for hydroxylation is 1. The van der Waals surface area contributed by atoms with Gasteiger partial charge in [-0.25, -0.2) is 0 Å². The summed E-state index contributed by atoms with van der Waals surface area (Å²) in [5.41, 5.74) is 2.61. The van der Waals surface area contributed by atoms with Crippen LogP contribution in [0.3, 0.4) is 0 Å². The molecular weight excluding hydrogens is 234 g/mol. The zero-order chi connectivity index (χ0) is 11.7. The monoisotopic (exact) mass is 247 g/mol. The van der Waals surface area contributed by atoms with Crippen molar-refractivity contribution >= 4 is 11.5 Å².